The number of rotatable bonds is 1. The van der Waals surface area contributed by atoms with Crippen LogP contribution in [0.1, 0.15) is 5.56 Å². The third kappa shape index (κ3) is 1.89. The Kier molecular flexibility index (Phi) is 2.51. The predicted octanol–water partition coefficient (Wildman–Crippen LogP) is 2.84. The molecule has 2 aromatic rings. The van der Waals surface area contributed by atoms with E-state index >= 15 is 0 Å². The molecule has 15 heavy (non-hydrogen) atoms. The van der Waals surface area contributed by atoms with Crippen molar-refractivity contribution in [3.05, 3.63) is 35.9 Å². The van der Waals surface area contributed by atoms with Gasteiger partial charge in [-0.1, -0.05) is 0 Å². The Bertz CT molecular complexity index is 607. The van der Waals surface area contributed by atoms with Crippen LogP contribution in [-0.4, -0.2) is 10.1 Å². The highest BCUT2D eigenvalue weighted by Gasteiger charge is 1.98. The standard InChI is InChI=1S/C11H5N3S/c12-6-8-1-3-10-9(5-8)2-4-11(14-10)13-7-15/h1-5H. The van der Waals surface area contributed by atoms with E-state index in [1.807, 2.05) is 6.07 Å². The number of nitriles is 1. The SMILES string of the molecule is N#Cc1ccc2nc(N=C=S)ccc2c1. The molecular formula is C11H5N3S. The van der Waals surface area contributed by atoms with Crippen LogP contribution in [0.5, 0.6) is 0 Å². The molecule has 1 heterocycles. The van der Waals surface area contributed by atoms with Gasteiger partial charge in [-0.2, -0.15) is 10.3 Å². The Morgan fingerprint density at radius 1 is 1.27 bits per heavy atom. The van der Waals surface area contributed by atoms with Gasteiger partial charge in [-0.15, -0.1) is 0 Å². The molecule has 4 heteroatoms. The van der Waals surface area contributed by atoms with Crippen molar-refractivity contribution >= 4 is 34.1 Å². The number of aliphatic imine (C=N–C) groups is 1. The Balaban J connectivity index is 2.65. The van der Waals surface area contributed by atoms with Gasteiger partial charge in [0.25, 0.3) is 0 Å². The maximum Gasteiger partial charge on any atom is 0.163 e. The van der Waals surface area contributed by atoms with Gasteiger partial charge in [-0.3, -0.25) is 0 Å². The third-order valence-corrected chi connectivity index (χ3v) is 2.06. The van der Waals surface area contributed by atoms with E-state index in [9.17, 15) is 0 Å². The van der Waals surface area contributed by atoms with E-state index in [2.05, 4.69) is 33.4 Å². The van der Waals surface area contributed by atoms with Crippen LogP contribution in [0.15, 0.2) is 35.3 Å². The van der Waals surface area contributed by atoms with Gasteiger partial charge in [0.05, 0.1) is 22.3 Å². The van der Waals surface area contributed by atoms with Crippen LogP contribution in [0.4, 0.5) is 5.82 Å². The molecule has 0 N–H and O–H groups in total. The number of hydrogen-bond acceptors (Lipinski definition) is 4. The zero-order valence-electron chi connectivity index (χ0n) is 7.64. The molecule has 0 spiro atoms. The Labute approximate surface area is 91.7 Å². The summed E-state index contributed by atoms with van der Waals surface area (Å²) in [5, 5.41) is 11.9. The number of benzene rings is 1. The minimum Gasteiger partial charge on any atom is -0.228 e. The van der Waals surface area contributed by atoms with Gasteiger partial charge in [-0.05, 0) is 42.5 Å². The quantitative estimate of drug-likeness (QED) is 0.538. The van der Waals surface area contributed by atoms with Gasteiger partial charge >= 0.3 is 0 Å². The van der Waals surface area contributed by atoms with Crippen molar-refractivity contribution < 1.29 is 0 Å². The fourth-order valence-corrected chi connectivity index (χ4v) is 1.39. The number of hydrogen-bond donors (Lipinski definition) is 0. The molecule has 1 aromatic heterocycles. The number of nitrogens with zero attached hydrogens (tertiary/aromatic N) is 3. The van der Waals surface area contributed by atoms with Crippen LogP contribution >= 0.6 is 12.2 Å². The number of pyridine rings is 1. The van der Waals surface area contributed by atoms with E-state index in [0.717, 1.165) is 10.9 Å². The van der Waals surface area contributed by atoms with Crippen molar-refractivity contribution in [3.63, 3.8) is 0 Å². The van der Waals surface area contributed by atoms with E-state index in [0.29, 0.717) is 11.4 Å². The number of thiocarbonyl (C=S) groups is 1. The molecule has 0 aliphatic heterocycles. The fraction of sp³-hybridized carbons (Fsp3) is 0. The first-order chi connectivity index (χ1) is 7.33. The maximum absolute atomic E-state index is 8.72. The van der Waals surface area contributed by atoms with E-state index in [1.165, 1.54) is 0 Å². The molecule has 0 amide bonds. The normalized spacial score (nSPS) is 9.27. The van der Waals surface area contributed by atoms with Crippen LogP contribution in [0.2, 0.25) is 0 Å². The number of fused-ring (bicyclic) bond motifs is 1. The molecular weight excluding hydrogens is 206 g/mol. The molecule has 0 radical (unpaired) electrons. The molecule has 0 atom stereocenters. The van der Waals surface area contributed by atoms with E-state index in [1.54, 1.807) is 24.3 Å². The minimum absolute atomic E-state index is 0.530. The molecule has 0 aliphatic carbocycles. The second-order valence-electron chi connectivity index (χ2n) is 2.89. The molecule has 70 valence electrons. The topological polar surface area (TPSA) is 49.0 Å². The molecule has 0 unspecified atom stereocenters. The van der Waals surface area contributed by atoms with Crippen molar-refractivity contribution in [2.75, 3.05) is 0 Å². The third-order valence-electron chi connectivity index (χ3n) is 1.96. The average Bonchev–Trinajstić information content (AvgIpc) is 2.29. The molecule has 3 nitrogen and oxygen atoms in total. The molecule has 1 aromatic carbocycles. The van der Waals surface area contributed by atoms with E-state index in [4.69, 9.17) is 5.26 Å². The van der Waals surface area contributed by atoms with Crippen molar-refractivity contribution in [3.8, 4) is 6.07 Å². The van der Waals surface area contributed by atoms with Gasteiger partial charge in [0.1, 0.15) is 0 Å². The predicted molar refractivity (Wildman–Crippen MR) is 61.1 cm³/mol. The van der Waals surface area contributed by atoms with Gasteiger partial charge < -0.3 is 0 Å². The Morgan fingerprint density at radius 3 is 2.87 bits per heavy atom. The lowest BCUT2D eigenvalue weighted by Crippen LogP contribution is -1.80. The van der Waals surface area contributed by atoms with E-state index < -0.39 is 0 Å². The van der Waals surface area contributed by atoms with Crippen molar-refractivity contribution in [2.45, 2.75) is 0 Å². The Morgan fingerprint density at radius 2 is 2.13 bits per heavy atom. The first kappa shape index (κ1) is 9.47. The molecule has 0 aliphatic rings. The van der Waals surface area contributed by atoms with Crippen LogP contribution in [0.25, 0.3) is 10.9 Å². The van der Waals surface area contributed by atoms with Gasteiger partial charge in [0, 0.05) is 5.39 Å². The summed E-state index contributed by atoms with van der Waals surface area (Å²) >= 11 is 4.50. The van der Waals surface area contributed by atoms with Crippen molar-refractivity contribution in [1.82, 2.24) is 4.98 Å². The number of aromatic nitrogens is 1. The molecule has 2 rings (SSSR count). The largest absolute Gasteiger partial charge is 0.228 e. The molecule has 0 saturated heterocycles. The highest BCUT2D eigenvalue weighted by Crippen LogP contribution is 2.17. The average molecular weight is 211 g/mol. The summed E-state index contributed by atoms with van der Waals surface area (Å²) in [7, 11) is 0. The first-order valence-electron chi connectivity index (χ1n) is 4.22. The smallest absolute Gasteiger partial charge is 0.163 e. The molecule has 0 fully saturated rings. The molecule has 0 bridgehead atoms. The Hall–Kier alpha value is -2.08. The fourth-order valence-electron chi connectivity index (χ4n) is 1.29. The summed E-state index contributed by atoms with van der Waals surface area (Å²) in [5.74, 6) is 0.530. The summed E-state index contributed by atoms with van der Waals surface area (Å²) in [4.78, 5) is 8.02. The van der Waals surface area contributed by atoms with Crippen LogP contribution in [0.3, 0.4) is 0 Å². The summed E-state index contributed by atoms with van der Waals surface area (Å²) in [5.41, 5.74) is 1.41. The van der Waals surface area contributed by atoms with Crippen LogP contribution in [-0.2, 0) is 0 Å². The first-order valence-corrected chi connectivity index (χ1v) is 4.63. The summed E-state index contributed by atoms with van der Waals surface area (Å²) in [6.45, 7) is 0. The zero-order valence-corrected chi connectivity index (χ0v) is 8.45. The summed E-state index contributed by atoms with van der Waals surface area (Å²) in [6.07, 6.45) is 0. The van der Waals surface area contributed by atoms with E-state index in [-0.39, 0.29) is 0 Å². The van der Waals surface area contributed by atoms with Gasteiger partial charge in [-0.25, -0.2) is 4.98 Å². The lowest BCUT2D eigenvalue weighted by atomic mass is 10.1. The summed E-state index contributed by atoms with van der Waals surface area (Å²) in [6, 6.07) is 11.0. The van der Waals surface area contributed by atoms with Crippen LogP contribution in [0, 0.1) is 11.3 Å². The zero-order chi connectivity index (χ0) is 10.7. The maximum atomic E-state index is 8.72. The van der Waals surface area contributed by atoms with Crippen molar-refractivity contribution in [2.24, 2.45) is 4.99 Å². The minimum atomic E-state index is 0.530. The lowest BCUT2D eigenvalue weighted by molar-refractivity contribution is 1.34. The van der Waals surface area contributed by atoms with Crippen molar-refractivity contribution in [1.29, 1.82) is 5.26 Å². The highest BCUT2D eigenvalue weighted by atomic mass is 32.1. The van der Waals surface area contributed by atoms with Gasteiger partial charge in [0.2, 0.25) is 0 Å². The highest BCUT2D eigenvalue weighted by molar-refractivity contribution is 7.78. The second-order valence-corrected chi connectivity index (χ2v) is 3.07. The second kappa shape index (κ2) is 3.97. The monoisotopic (exact) mass is 211 g/mol. The molecule has 0 saturated carbocycles. The lowest BCUT2D eigenvalue weighted by Gasteiger charge is -1.97. The summed E-state index contributed by atoms with van der Waals surface area (Å²) < 4.78 is 0. The van der Waals surface area contributed by atoms with Crippen LogP contribution < -0.4 is 0 Å². The van der Waals surface area contributed by atoms with Gasteiger partial charge in [0.15, 0.2) is 5.82 Å². The number of isothiocyanates is 1.